The summed E-state index contributed by atoms with van der Waals surface area (Å²) in [7, 11) is 4.65. The highest BCUT2D eigenvalue weighted by Crippen LogP contribution is 2.46. The lowest BCUT2D eigenvalue weighted by atomic mass is 10.0. The van der Waals surface area contributed by atoms with Crippen LogP contribution in [0.1, 0.15) is 0 Å². The molecule has 0 aliphatic rings. The van der Waals surface area contributed by atoms with Crippen LogP contribution in [0.25, 0.3) is 22.0 Å². The number of ether oxygens (including phenoxy) is 3. The fraction of sp³-hybridized carbons (Fsp3) is 0.130. The normalized spacial score (nSPS) is 10.8. The van der Waals surface area contributed by atoms with Gasteiger partial charge in [-0.05, 0) is 29.8 Å². The molecule has 7 nitrogen and oxygen atoms in total. The van der Waals surface area contributed by atoms with Crippen molar-refractivity contribution in [2.24, 2.45) is 0 Å². The van der Waals surface area contributed by atoms with E-state index in [0.29, 0.717) is 50.2 Å². The average molecular weight is 471 g/mol. The lowest BCUT2D eigenvalue weighted by molar-refractivity contribution is 0.395. The molecule has 4 rings (SSSR count). The topological polar surface area (TPSA) is 91.5 Å². The van der Waals surface area contributed by atoms with Crippen molar-refractivity contribution in [2.45, 2.75) is 0 Å². The third kappa shape index (κ3) is 3.92. The number of hydrogen-bond acceptors (Lipinski definition) is 7. The van der Waals surface area contributed by atoms with E-state index < -0.39 is 0 Å². The third-order valence-corrected chi connectivity index (χ3v) is 5.71. The second kappa shape index (κ2) is 8.98. The van der Waals surface area contributed by atoms with Gasteiger partial charge < -0.3 is 25.3 Å². The van der Waals surface area contributed by atoms with Gasteiger partial charge in [0, 0.05) is 23.2 Å². The minimum atomic E-state index is 0.389. The number of para-hydroxylation sites is 1. The maximum Gasteiger partial charge on any atom is 0.227 e. The molecule has 3 aromatic carbocycles. The van der Waals surface area contributed by atoms with Crippen molar-refractivity contribution in [1.82, 2.24) is 9.97 Å². The Kier molecular flexibility index (Phi) is 6.12. The summed E-state index contributed by atoms with van der Waals surface area (Å²) >= 11 is 13.1. The summed E-state index contributed by atoms with van der Waals surface area (Å²) < 4.78 is 16.1. The van der Waals surface area contributed by atoms with Crippen molar-refractivity contribution >= 4 is 51.4 Å². The number of methoxy groups -OCH3 is 3. The summed E-state index contributed by atoms with van der Waals surface area (Å²) in [5.74, 6) is 1.92. The number of fused-ring (bicyclic) bond motifs is 1. The minimum absolute atomic E-state index is 0.389. The van der Waals surface area contributed by atoms with Gasteiger partial charge in [-0.3, -0.25) is 0 Å². The highest BCUT2D eigenvalue weighted by atomic mass is 35.5. The average Bonchev–Trinajstić information content (AvgIpc) is 2.80. The van der Waals surface area contributed by atoms with E-state index in [4.69, 9.17) is 43.1 Å². The number of nitrogens with one attached hydrogen (secondary N) is 1. The molecule has 3 N–H and O–H groups in total. The fourth-order valence-corrected chi connectivity index (χ4v) is 4.07. The molecule has 0 saturated carbocycles. The Balaban J connectivity index is 1.76. The maximum atomic E-state index is 6.56. The predicted molar refractivity (Wildman–Crippen MR) is 129 cm³/mol. The molecule has 0 spiro atoms. The zero-order valence-electron chi connectivity index (χ0n) is 17.6. The lowest BCUT2D eigenvalue weighted by Crippen LogP contribution is -2.02. The maximum absolute atomic E-state index is 6.56. The van der Waals surface area contributed by atoms with Gasteiger partial charge in [0.2, 0.25) is 5.95 Å². The molecule has 0 aliphatic heterocycles. The molecule has 0 fully saturated rings. The summed E-state index contributed by atoms with van der Waals surface area (Å²) in [6.07, 6.45) is 1.71. The van der Waals surface area contributed by atoms with Crippen LogP contribution in [0.2, 0.25) is 10.0 Å². The van der Waals surface area contributed by atoms with Crippen LogP contribution >= 0.6 is 23.2 Å². The Labute approximate surface area is 195 Å². The van der Waals surface area contributed by atoms with Gasteiger partial charge in [-0.2, -0.15) is 0 Å². The Bertz CT molecular complexity index is 1290. The molecule has 1 heterocycles. The molecule has 164 valence electrons. The number of aromatic nitrogens is 2. The van der Waals surface area contributed by atoms with E-state index in [1.54, 1.807) is 25.4 Å². The van der Waals surface area contributed by atoms with Gasteiger partial charge in [0.25, 0.3) is 0 Å². The molecule has 0 saturated heterocycles. The van der Waals surface area contributed by atoms with Crippen LogP contribution in [0.15, 0.2) is 48.7 Å². The molecule has 0 atom stereocenters. The molecule has 4 aromatic rings. The number of anilines is 3. The van der Waals surface area contributed by atoms with E-state index in [2.05, 4.69) is 15.3 Å². The Morgan fingerprint density at radius 1 is 0.875 bits per heavy atom. The number of nitrogens with zero attached hydrogens (tertiary/aromatic N) is 2. The number of hydrogen-bond donors (Lipinski definition) is 2. The minimum Gasteiger partial charge on any atom is -0.495 e. The molecule has 0 radical (unpaired) electrons. The number of rotatable bonds is 6. The first-order chi connectivity index (χ1) is 15.5. The van der Waals surface area contributed by atoms with E-state index >= 15 is 0 Å². The van der Waals surface area contributed by atoms with Crippen LogP contribution in [-0.2, 0) is 0 Å². The molecule has 1 aromatic heterocycles. The second-order valence-electron chi connectivity index (χ2n) is 6.80. The van der Waals surface area contributed by atoms with Gasteiger partial charge in [-0.15, -0.1) is 0 Å². The zero-order chi connectivity index (χ0) is 22.8. The first kappa shape index (κ1) is 21.8. The molecule has 0 amide bonds. The van der Waals surface area contributed by atoms with Crippen LogP contribution in [0.3, 0.4) is 0 Å². The van der Waals surface area contributed by atoms with Crippen LogP contribution in [0, 0.1) is 0 Å². The molecule has 0 bridgehead atoms. The van der Waals surface area contributed by atoms with Gasteiger partial charge in [0.05, 0.1) is 42.6 Å². The fourth-order valence-electron chi connectivity index (χ4n) is 3.35. The van der Waals surface area contributed by atoms with E-state index in [0.717, 1.165) is 16.5 Å². The number of nitrogen functional groups attached to an aromatic ring is 1. The summed E-state index contributed by atoms with van der Waals surface area (Å²) in [5, 5.41) is 4.72. The van der Waals surface area contributed by atoms with E-state index in [9.17, 15) is 0 Å². The summed E-state index contributed by atoms with van der Waals surface area (Å²) in [6, 6.07) is 12.7. The van der Waals surface area contributed by atoms with Crippen molar-refractivity contribution in [1.29, 1.82) is 0 Å². The number of halogens is 2. The lowest BCUT2D eigenvalue weighted by Gasteiger charge is -2.15. The van der Waals surface area contributed by atoms with Crippen LogP contribution in [0.5, 0.6) is 17.2 Å². The highest BCUT2D eigenvalue weighted by Gasteiger charge is 2.19. The SMILES string of the molecule is COc1cc(OC)c(Cl)c(-c2ccc3nc(Nc4c(N)cccc4OC)ncc3c2)c1Cl. The van der Waals surface area contributed by atoms with Gasteiger partial charge in [0.1, 0.15) is 22.9 Å². The van der Waals surface area contributed by atoms with Crippen molar-refractivity contribution in [3.05, 3.63) is 58.7 Å². The van der Waals surface area contributed by atoms with Gasteiger partial charge in [0.15, 0.2) is 0 Å². The standard InChI is InChI=1S/C23H20Cl2N4O3/c1-30-16-6-4-5-14(26)22(16)29-23-27-11-13-9-12(7-8-15(13)28-23)19-20(24)17(31-2)10-18(32-3)21(19)25/h4-11H,26H2,1-3H3,(H,27,28,29). The Hall–Kier alpha value is -3.42. The Morgan fingerprint density at radius 3 is 2.22 bits per heavy atom. The van der Waals surface area contributed by atoms with Gasteiger partial charge in [-0.1, -0.05) is 35.3 Å². The van der Waals surface area contributed by atoms with Crippen molar-refractivity contribution < 1.29 is 14.2 Å². The quantitative estimate of drug-likeness (QED) is 0.336. The number of nitrogens with two attached hydrogens (primary N) is 1. The zero-order valence-corrected chi connectivity index (χ0v) is 19.1. The summed E-state index contributed by atoms with van der Waals surface area (Å²) in [4.78, 5) is 9.00. The van der Waals surface area contributed by atoms with Crippen LogP contribution in [0.4, 0.5) is 17.3 Å². The van der Waals surface area contributed by atoms with E-state index in [1.165, 1.54) is 14.2 Å². The van der Waals surface area contributed by atoms with Crippen LogP contribution in [-0.4, -0.2) is 31.3 Å². The first-order valence-corrected chi connectivity index (χ1v) is 10.3. The molecular formula is C23H20Cl2N4O3. The molecule has 0 aliphatic carbocycles. The van der Waals surface area contributed by atoms with Crippen molar-refractivity contribution in [2.75, 3.05) is 32.4 Å². The van der Waals surface area contributed by atoms with Crippen molar-refractivity contribution in [3.63, 3.8) is 0 Å². The first-order valence-electron chi connectivity index (χ1n) is 9.53. The predicted octanol–water partition coefficient (Wildman–Crippen LogP) is 5.96. The highest BCUT2D eigenvalue weighted by molar-refractivity contribution is 6.41. The summed E-state index contributed by atoms with van der Waals surface area (Å²) in [5.41, 5.74) is 9.32. The smallest absolute Gasteiger partial charge is 0.227 e. The largest absolute Gasteiger partial charge is 0.495 e. The number of benzene rings is 3. The van der Waals surface area contributed by atoms with Crippen molar-refractivity contribution in [3.8, 4) is 28.4 Å². The monoisotopic (exact) mass is 470 g/mol. The van der Waals surface area contributed by atoms with E-state index in [-0.39, 0.29) is 0 Å². The van der Waals surface area contributed by atoms with Gasteiger partial charge >= 0.3 is 0 Å². The summed E-state index contributed by atoms with van der Waals surface area (Å²) in [6.45, 7) is 0. The van der Waals surface area contributed by atoms with Gasteiger partial charge in [-0.25, -0.2) is 9.97 Å². The van der Waals surface area contributed by atoms with E-state index in [1.807, 2.05) is 30.3 Å². The molecule has 32 heavy (non-hydrogen) atoms. The molecular weight excluding hydrogens is 451 g/mol. The van der Waals surface area contributed by atoms with Crippen LogP contribution < -0.4 is 25.3 Å². The third-order valence-electron chi connectivity index (χ3n) is 4.96. The second-order valence-corrected chi connectivity index (χ2v) is 7.56. The molecule has 9 heteroatoms. The Morgan fingerprint density at radius 2 is 1.56 bits per heavy atom. The molecule has 0 unspecified atom stereocenters.